The highest BCUT2D eigenvalue weighted by molar-refractivity contribution is 7.86. The first-order valence-electron chi connectivity index (χ1n) is 5.71. The van der Waals surface area contributed by atoms with E-state index in [1.54, 1.807) is 12.1 Å². The van der Waals surface area contributed by atoms with Gasteiger partial charge in [-0.25, -0.2) is 8.42 Å². The Morgan fingerprint density at radius 1 is 1.00 bits per heavy atom. The van der Waals surface area contributed by atoms with Crippen LogP contribution in [-0.2, 0) is 10.1 Å². The molecule has 4 nitrogen and oxygen atoms in total. The Balaban J connectivity index is 0.000000609. The standard InChI is InChI=1S/C10H9F5IO.CHF3O3S/c1-17-8-4-2-7(3-5-8)16-6-9(11,12)10(13,14)15;2-1(3,4)8(5,6)7/h2-5H,6H2,1H3;(H,5,6,7)/q+1;/p-1. The molecule has 0 N–H and O–H groups in total. The normalized spacial score (nSPS) is 13.0. The van der Waals surface area contributed by atoms with Gasteiger partial charge in [-0.05, 0) is 24.3 Å². The summed E-state index contributed by atoms with van der Waals surface area (Å²) in [5.74, 6) is -4.06. The van der Waals surface area contributed by atoms with Crippen molar-refractivity contribution in [2.24, 2.45) is 0 Å². The van der Waals surface area contributed by atoms with Crippen LogP contribution in [0.4, 0.5) is 35.1 Å². The number of hydrogen-bond acceptors (Lipinski definition) is 4. The van der Waals surface area contributed by atoms with E-state index in [1.807, 2.05) is 0 Å². The van der Waals surface area contributed by atoms with E-state index in [2.05, 4.69) is 0 Å². The molecule has 0 fully saturated rings. The molecule has 1 rings (SSSR count). The second kappa shape index (κ2) is 8.66. The summed E-state index contributed by atoms with van der Waals surface area (Å²) in [4.78, 5) is 0. The Morgan fingerprint density at radius 2 is 1.40 bits per heavy atom. The zero-order valence-electron chi connectivity index (χ0n) is 12.0. The van der Waals surface area contributed by atoms with E-state index >= 15 is 0 Å². The Kier molecular flexibility index (Phi) is 8.35. The molecule has 1 aromatic rings. The van der Waals surface area contributed by atoms with Crippen molar-refractivity contribution in [3.05, 3.63) is 27.8 Å². The van der Waals surface area contributed by atoms with Gasteiger partial charge in [-0.15, -0.1) is 0 Å². The minimum atomic E-state index is -6.09. The first-order chi connectivity index (χ1) is 11.0. The van der Waals surface area contributed by atoms with E-state index in [1.165, 1.54) is 19.2 Å². The first-order valence-corrected chi connectivity index (χ1v) is 9.72. The van der Waals surface area contributed by atoms with Crippen LogP contribution in [0.25, 0.3) is 0 Å². The van der Waals surface area contributed by atoms with Crippen LogP contribution in [0, 0.1) is 3.57 Å². The number of benzene rings is 1. The molecular weight excluding hydrogens is 507 g/mol. The third-order valence-electron chi connectivity index (χ3n) is 2.14. The van der Waals surface area contributed by atoms with Gasteiger partial charge in [0, 0.05) is 0 Å². The lowest BCUT2D eigenvalue weighted by Gasteiger charge is -2.13. The maximum atomic E-state index is 12.6. The topological polar surface area (TPSA) is 66.4 Å². The average molecular weight is 516 g/mol. The Bertz CT molecular complexity index is 640. The monoisotopic (exact) mass is 516 g/mol. The van der Waals surface area contributed by atoms with Gasteiger partial charge in [0.2, 0.25) is 4.43 Å². The maximum absolute atomic E-state index is 12.6. The van der Waals surface area contributed by atoms with Crippen LogP contribution in [0.3, 0.4) is 0 Å². The summed E-state index contributed by atoms with van der Waals surface area (Å²) in [6, 6.07) is 6.11. The zero-order valence-corrected chi connectivity index (χ0v) is 14.9. The van der Waals surface area contributed by atoms with Gasteiger partial charge in [-0.3, -0.25) is 0 Å². The fourth-order valence-corrected chi connectivity index (χ4v) is 3.12. The predicted octanol–water partition coefficient (Wildman–Crippen LogP) is 0.203. The van der Waals surface area contributed by atoms with Gasteiger partial charge < -0.3 is 9.29 Å². The van der Waals surface area contributed by atoms with Gasteiger partial charge in [0.1, 0.15) is 5.75 Å². The largest absolute Gasteiger partial charge is 0.741 e. The summed E-state index contributed by atoms with van der Waals surface area (Å²) >= 11 is -1.37. The van der Waals surface area contributed by atoms with Gasteiger partial charge in [-0.1, -0.05) is 0 Å². The fraction of sp³-hybridized carbons (Fsp3) is 0.455. The van der Waals surface area contributed by atoms with Crippen LogP contribution in [0.1, 0.15) is 0 Å². The fourth-order valence-electron chi connectivity index (χ4n) is 0.897. The van der Waals surface area contributed by atoms with E-state index in [0.29, 0.717) is 9.32 Å². The summed E-state index contributed by atoms with van der Waals surface area (Å²) in [7, 11) is -4.64. The molecule has 25 heavy (non-hydrogen) atoms. The molecular formula is C11H9F8IO4S. The quantitative estimate of drug-likeness (QED) is 0.189. The average Bonchev–Trinajstić information content (AvgIpc) is 2.43. The summed E-state index contributed by atoms with van der Waals surface area (Å²) in [5, 5.41) is 0. The summed E-state index contributed by atoms with van der Waals surface area (Å²) in [6.07, 6.45) is -5.46. The van der Waals surface area contributed by atoms with Crippen molar-refractivity contribution in [2.45, 2.75) is 17.6 Å². The number of alkyl halides is 9. The van der Waals surface area contributed by atoms with E-state index in [4.69, 9.17) is 17.7 Å². The third-order valence-corrected chi connectivity index (χ3v) is 5.64. The Hall–Kier alpha value is -0.900. The molecule has 0 aliphatic heterocycles. The highest BCUT2D eigenvalue weighted by Gasteiger charge is 2.61. The molecule has 0 bridgehead atoms. The molecule has 1 aromatic carbocycles. The predicted molar refractivity (Wildman–Crippen MR) is 63.3 cm³/mol. The second-order valence-electron chi connectivity index (χ2n) is 4.03. The van der Waals surface area contributed by atoms with Crippen molar-refractivity contribution < 1.29 is 74.0 Å². The van der Waals surface area contributed by atoms with Crippen LogP contribution >= 0.6 is 0 Å². The van der Waals surface area contributed by atoms with Crippen molar-refractivity contribution in [3.63, 3.8) is 0 Å². The Morgan fingerprint density at radius 3 is 1.68 bits per heavy atom. The molecule has 0 amide bonds. The van der Waals surface area contributed by atoms with E-state index < -0.39 is 53.4 Å². The molecule has 0 spiro atoms. The molecule has 0 atom stereocenters. The molecule has 0 unspecified atom stereocenters. The molecule has 0 heterocycles. The van der Waals surface area contributed by atoms with Crippen LogP contribution in [0.15, 0.2) is 24.3 Å². The Labute approximate surface area is 147 Å². The smallest absolute Gasteiger partial charge is 0.485 e. The highest BCUT2D eigenvalue weighted by Crippen LogP contribution is 2.33. The van der Waals surface area contributed by atoms with Crippen molar-refractivity contribution in [3.8, 4) is 5.75 Å². The van der Waals surface area contributed by atoms with E-state index in [-0.39, 0.29) is 0 Å². The second-order valence-corrected chi connectivity index (χ2v) is 8.17. The van der Waals surface area contributed by atoms with Gasteiger partial charge in [0.15, 0.2) is 13.7 Å². The van der Waals surface area contributed by atoms with Crippen LogP contribution in [-0.4, -0.2) is 42.1 Å². The lowest BCUT2D eigenvalue weighted by molar-refractivity contribution is -0.651. The van der Waals surface area contributed by atoms with E-state index in [9.17, 15) is 35.1 Å². The molecule has 0 saturated heterocycles. The number of hydrogen-bond donors (Lipinski definition) is 0. The van der Waals surface area contributed by atoms with E-state index in [0.717, 1.165) is 0 Å². The van der Waals surface area contributed by atoms with Crippen molar-refractivity contribution in [2.75, 3.05) is 11.5 Å². The molecule has 14 heteroatoms. The van der Waals surface area contributed by atoms with Gasteiger partial charge in [-0.2, -0.15) is 35.1 Å². The maximum Gasteiger partial charge on any atom is 0.485 e. The number of halogens is 9. The molecule has 0 saturated carbocycles. The molecule has 0 radical (unpaired) electrons. The lowest BCUT2D eigenvalue weighted by atomic mass is 10.3. The first kappa shape index (κ1) is 24.1. The van der Waals surface area contributed by atoms with Gasteiger partial charge in [0.25, 0.3) is 0 Å². The molecule has 146 valence electrons. The zero-order chi connectivity index (χ0) is 20.1. The van der Waals surface area contributed by atoms with Crippen LogP contribution in [0.5, 0.6) is 5.75 Å². The SMILES string of the molecule is COc1ccc([I+]CC(F)(F)C(F)(F)F)cc1.O=S(=O)([O-])C(F)(F)F. The number of ether oxygens (including phenoxy) is 1. The minimum absolute atomic E-state index is 0.522. The van der Waals surface area contributed by atoms with Crippen LogP contribution in [0.2, 0.25) is 0 Å². The summed E-state index contributed by atoms with van der Waals surface area (Å²) in [5.41, 5.74) is -5.65. The number of rotatable bonds is 4. The molecule has 0 aliphatic rings. The summed E-state index contributed by atoms with van der Waals surface area (Å²) < 4.78 is 124. The van der Waals surface area contributed by atoms with Crippen molar-refractivity contribution in [1.82, 2.24) is 0 Å². The molecule has 0 aromatic heterocycles. The summed E-state index contributed by atoms with van der Waals surface area (Å²) in [6.45, 7) is 0. The minimum Gasteiger partial charge on any atom is -0.741 e. The van der Waals surface area contributed by atoms with Crippen molar-refractivity contribution >= 4 is 10.1 Å². The van der Waals surface area contributed by atoms with Gasteiger partial charge >= 0.3 is 38.8 Å². The van der Waals surface area contributed by atoms with Crippen molar-refractivity contribution in [1.29, 1.82) is 0 Å². The van der Waals surface area contributed by atoms with Gasteiger partial charge in [0.05, 0.1) is 7.11 Å². The highest BCUT2D eigenvalue weighted by atomic mass is 127. The van der Waals surface area contributed by atoms with Crippen LogP contribution < -0.4 is 25.9 Å². The lowest BCUT2D eigenvalue weighted by Crippen LogP contribution is -3.63. The molecule has 0 aliphatic carbocycles. The third kappa shape index (κ3) is 8.35. The number of methoxy groups -OCH3 is 1.